The van der Waals surface area contributed by atoms with Gasteiger partial charge >= 0.3 is 0 Å². The van der Waals surface area contributed by atoms with Gasteiger partial charge in [-0.1, -0.05) is 12.8 Å². The Morgan fingerprint density at radius 1 is 1.19 bits per heavy atom. The highest BCUT2D eigenvalue weighted by Crippen LogP contribution is 2.30. The number of halogens is 1. The number of nitrogens with one attached hydrogen (secondary N) is 3. The normalized spacial score (nSPS) is 18.7. The monoisotopic (exact) mass is 426 g/mol. The lowest BCUT2D eigenvalue weighted by molar-refractivity contribution is 0.100. The summed E-state index contributed by atoms with van der Waals surface area (Å²) in [6.07, 6.45) is 3.81. The van der Waals surface area contributed by atoms with E-state index in [0.717, 1.165) is 48.5 Å². The molecule has 0 spiro atoms. The molecule has 1 saturated carbocycles. The van der Waals surface area contributed by atoms with Crippen LogP contribution in [0.4, 0.5) is 27.5 Å². The molecular weight excluding hydrogens is 399 g/mol. The molecule has 2 atom stereocenters. The summed E-state index contributed by atoms with van der Waals surface area (Å²) >= 11 is 0. The molecule has 0 aliphatic heterocycles. The van der Waals surface area contributed by atoms with Gasteiger partial charge < -0.3 is 27.4 Å². The molecule has 2 aromatic heterocycles. The Morgan fingerprint density at radius 3 is 2.68 bits per heavy atom. The third-order valence-electron chi connectivity index (χ3n) is 5.73. The fourth-order valence-corrected chi connectivity index (χ4v) is 4.05. The number of aromatic nitrogens is 3. The van der Waals surface area contributed by atoms with E-state index in [1.807, 2.05) is 25.2 Å². The number of carbonyl (C=O) groups excluding carboxylic acids is 1. The minimum Gasteiger partial charge on any atom is -0.371 e. The lowest BCUT2D eigenvalue weighted by Crippen LogP contribution is -2.43. The first-order chi connectivity index (χ1) is 14.9. The summed E-state index contributed by atoms with van der Waals surface area (Å²) in [6, 6.07) is 6.58. The molecule has 0 unspecified atom stereocenters. The first-order valence-electron chi connectivity index (χ1n) is 10.3. The SMILES string of the molecule is CNc1nn(C)c2ccc(Nc3nc(N[C@@H]4CCCC[C@@H]4N)c(F)cc3C(N)=O)cc12. The number of carbonyl (C=O) groups is 1. The van der Waals surface area contributed by atoms with E-state index in [-0.39, 0.29) is 29.3 Å². The minimum absolute atomic E-state index is 0.0314. The van der Waals surface area contributed by atoms with E-state index >= 15 is 0 Å². The maximum Gasteiger partial charge on any atom is 0.252 e. The van der Waals surface area contributed by atoms with Crippen LogP contribution in [0.2, 0.25) is 0 Å². The zero-order valence-corrected chi connectivity index (χ0v) is 17.6. The number of nitrogens with zero attached hydrogens (tertiary/aromatic N) is 3. The van der Waals surface area contributed by atoms with Gasteiger partial charge in [-0.15, -0.1) is 0 Å². The van der Waals surface area contributed by atoms with Crippen LogP contribution in [0.15, 0.2) is 24.3 Å². The topological polar surface area (TPSA) is 136 Å². The number of amides is 1. The van der Waals surface area contributed by atoms with Crippen molar-refractivity contribution in [1.29, 1.82) is 0 Å². The largest absolute Gasteiger partial charge is 0.371 e. The fraction of sp³-hybridized carbons (Fsp3) is 0.381. The van der Waals surface area contributed by atoms with Gasteiger partial charge in [-0.2, -0.15) is 5.10 Å². The number of aryl methyl sites for hydroxylation is 1. The Hall–Kier alpha value is -3.40. The number of rotatable bonds is 6. The van der Waals surface area contributed by atoms with Crippen LogP contribution in [0, 0.1) is 5.82 Å². The van der Waals surface area contributed by atoms with Gasteiger partial charge in [0, 0.05) is 37.3 Å². The fourth-order valence-electron chi connectivity index (χ4n) is 4.05. The molecule has 0 bridgehead atoms. The molecule has 3 aromatic rings. The molecule has 0 saturated heterocycles. The molecule has 1 aromatic carbocycles. The Kier molecular flexibility index (Phi) is 5.64. The van der Waals surface area contributed by atoms with Gasteiger partial charge in [0.15, 0.2) is 17.5 Å². The third-order valence-corrected chi connectivity index (χ3v) is 5.73. The first-order valence-corrected chi connectivity index (χ1v) is 10.3. The predicted octanol–water partition coefficient (Wildman–Crippen LogP) is 2.67. The number of primary amides is 1. The molecule has 4 rings (SSSR count). The number of pyridine rings is 1. The van der Waals surface area contributed by atoms with Gasteiger partial charge in [0.2, 0.25) is 0 Å². The molecule has 164 valence electrons. The summed E-state index contributed by atoms with van der Waals surface area (Å²) in [5.74, 6) is -0.467. The summed E-state index contributed by atoms with van der Waals surface area (Å²) in [7, 11) is 3.65. The van der Waals surface area contributed by atoms with E-state index in [4.69, 9.17) is 11.5 Å². The first kappa shape index (κ1) is 20.9. The zero-order chi connectivity index (χ0) is 22.1. The Morgan fingerprint density at radius 2 is 1.97 bits per heavy atom. The number of fused-ring (bicyclic) bond motifs is 1. The average Bonchev–Trinajstić information content (AvgIpc) is 3.06. The number of benzene rings is 1. The number of hydrogen-bond acceptors (Lipinski definition) is 7. The molecule has 1 aliphatic carbocycles. The average molecular weight is 427 g/mol. The highest BCUT2D eigenvalue weighted by Gasteiger charge is 2.24. The van der Waals surface area contributed by atoms with Crippen LogP contribution < -0.4 is 27.4 Å². The second kappa shape index (κ2) is 8.38. The lowest BCUT2D eigenvalue weighted by Gasteiger charge is -2.30. The lowest BCUT2D eigenvalue weighted by atomic mass is 9.91. The second-order valence-corrected chi connectivity index (χ2v) is 7.86. The molecule has 9 nitrogen and oxygen atoms in total. The molecule has 1 fully saturated rings. The van der Waals surface area contributed by atoms with Crippen molar-refractivity contribution in [3.63, 3.8) is 0 Å². The van der Waals surface area contributed by atoms with Gasteiger partial charge in [-0.05, 0) is 37.1 Å². The Bertz CT molecular complexity index is 1130. The highest BCUT2D eigenvalue weighted by molar-refractivity contribution is 5.99. The van der Waals surface area contributed by atoms with Gasteiger partial charge in [-0.3, -0.25) is 9.48 Å². The van der Waals surface area contributed by atoms with Crippen LogP contribution in [0.3, 0.4) is 0 Å². The van der Waals surface area contributed by atoms with Crippen molar-refractivity contribution < 1.29 is 9.18 Å². The standard InChI is InChI=1S/C21H27FN8O/c1-25-19-12-9-11(7-8-17(12)30(2)29-19)26-20-13(18(24)31)10-14(22)21(28-20)27-16-6-4-3-5-15(16)23/h7-10,15-16H,3-6,23H2,1-2H3,(H2,24,31)(H,25,29)(H2,26,27,28)/t15-,16+/m0/s1. The van der Waals surface area contributed by atoms with Crippen LogP contribution in [0.5, 0.6) is 0 Å². The van der Waals surface area contributed by atoms with E-state index < -0.39 is 11.7 Å². The van der Waals surface area contributed by atoms with E-state index in [2.05, 4.69) is 26.0 Å². The number of hydrogen-bond donors (Lipinski definition) is 5. The van der Waals surface area contributed by atoms with Crippen LogP contribution in [0.1, 0.15) is 36.0 Å². The summed E-state index contributed by atoms with van der Waals surface area (Å²) in [6.45, 7) is 0. The highest BCUT2D eigenvalue weighted by atomic mass is 19.1. The maximum atomic E-state index is 14.7. The van der Waals surface area contributed by atoms with Crippen molar-refractivity contribution in [2.45, 2.75) is 37.8 Å². The summed E-state index contributed by atoms with van der Waals surface area (Å²) in [4.78, 5) is 16.3. The van der Waals surface area contributed by atoms with Crippen LogP contribution in [-0.4, -0.2) is 39.8 Å². The van der Waals surface area contributed by atoms with Crippen molar-refractivity contribution in [3.05, 3.63) is 35.6 Å². The molecule has 7 N–H and O–H groups in total. The Labute approximate surface area is 179 Å². The molecule has 0 radical (unpaired) electrons. The maximum absolute atomic E-state index is 14.7. The van der Waals surface area contributed by atoms with Crippen molar-refractivity contribution in [2.75, 3.05) is 23.0 Å². The molecular formula is C21H27FN8O. The summed E-state index contributed by atoms with van der Waals surface area (Å²) < 4.78 is 16.5. The van der Waals surface area contributed by atoms with E-state index in [0.29, 0.717) is 5.69 Å². The molecule has 1 aliphatic rings. The van der Waals surface area contributed by atoms with Crippen molar-refractivity contribution in [2.24, 2.45) is 18.5 Å². The van der Waals surface area contributed by atoms with Gasteiger partial charge in [0.1, 0.15) is 5.82 Å². The quantitative estimate of drug-likeness (QED) is 0.409. The van der Waals surface area contributed by atoms with Crippen molar-refractivity contribution in [1.82, 2.24) is 14.8 Å². The van der Waals surface area contributed by atoms with Crippen LogP contribution >= 0.6 is 0 Å². The third kappa shape index (κ3) is 4.11. The number of nitrogens with two attached hydrogens (primary N) is 2. The molecule has 2 heterocycles. The molecule has 10 heteroatoms. The minimum atomic E-state index is -0.770. The van der Waals surface area contributed by atoms with Crippen molar-refractivity contribution >= 4 is 40.0 Å². The van der Waals surface area contributed by atoms with Crippen LogP contribution in [0.25, 0.3) is 10.9 Å². The van der Waals surface area contributed by atoms with Crippen LogP contribution in [-0.2, 0) is 7.05 Å². The second-order valence-electron chi connectivity index (χ2n) is 7.86. The van der Waals surface area contributed by atoms with E-state index in [1.54, 1.807) is 11.7 Å². The Balaban J connectivity index is 1.69. The van der Waals surface area contributed by atoms with Gasteiger partial charge in [0.05, 0.1) is 11.1 Å². The van der Waals surface area contributed by atoms with E-state index in [1.165, 1.54) is 0 Å². The van der Waals surface area contributed by atoms with Gasteiger partial charge in [-0.25, -0.2) is 9.37 Å². The molecule has 1 amide bonds. The van der Waals surface area contributed by atoms with E-state index in [9.17, 15) is 9.18 Å². The molecule has 31 heavy (non-hydrogen) atoms. The zero-order valence-electron chi connectivity index (χ0n) is 17.6. The number of anilines is 4. The summed E-state index contributed by atoms with van der Waals surface area (Å²) in [5, 5.41) is 14.6. The smallest absolute Gasteiger partial charge is 0.252 e. The predicted molar refractivity (Wildman–Crippen MR) is 120 cm³/mol. The van der Waals surface area contributed by atoms with Crippen molar-refractivity contribution in [3.8, 4) is 0 Å². The van der Waals surface area contributed by atoms with Gasteiger partial charge in [0.25, 0.3) is 5.91 Å². The summed E-state index contributed by atoms with van der Waals surface area (Å²) in [5.41, 5.74) is 13.2.